The lowest BCUT2D eigenvalue weighted by Gasteiger charge is -2.32. The lowest BCUT2D eigenvalue weighted by atomic mass is 10.0. The molecular formula is C20H19NO5. The van der Waals surface area contributed by atoms with Gasteiger partial charge in [-0.15, -0.1) is 0 Å². The normalized spacial score (nSPS) is 15.5. The Hall–Kier alpha value is -2.99. The molecule has 2 aromatic carbocycles. The van der Waals surface area contributed by atoms with Gasteiger partial charge in [-0.25, -0.2) is 0 Å². The molecule has 1 aliphatic rings. The molecule has 6 heteroatoms. The first-order valence-corrected chi connectivity index (χ1v) is 8.22. The molecule has 0 unspecified atom stereocenters. The minimum Gasteiger partial charge on any atom is -0.464 e. The van der Waals surface area contributed by atoms with E-state index < -0.39 is 29.9 Å². The van der Waals surface area contributed by atoms with E-state index in [9.17, 15) is 14.4 Å². The van der Waals surface area contributed by atoms with Crippen molar-refractivity contribution < 1.29 is 23.9 Å². The molecule has 6 nitrogen and oxygen atoms in total. The van der Waals surface area contributed by atoms with Crippen LogP contribution in [0.15, 0.2) is 54.6 Å². The summed E-state index contributed by atoms with van der Waals surface area (Å²) in [6, 6.07) is 15.1. The van der Waals surface area contributed by atoms with Gasteiger partial charge in [0, 0.05) is 14.0 Å². The highest BCUT2D eigenvalue weighted by Crippen LogP contribution is 2.31. The van der Waals surface area contributed by atoms with Gasteiger partial charge < -0.3 is 9.47 Å². The first-order valence-electron chi connectivity index (χ1n) is 8.22. The van der Waals surface area contributed by atoms with Crippen LogP contribution < -0.4 is 0 Å². The third-order valence-corrected chi connectivity index (χ3v) is 4.35. The average molecular weight is 353 g/mol. The first kappa shape index (κ1) is 17.8. The van der Waals surface area contributed by atoms with Crippen molar-refractivity contribution in [1.29, 1.82) is 0 Å². The standard InChI is InChI=1S/C20H19NO5/c1-13(22)26-12-17(18(25-2)14-8-4-3-5-9-14)21-19(23)15-10-6-7-11-16(15)20(21)24/h3-11,17-18H,12H2,1-2H3/t17-,18-/m1/s1. The van der Waals surface area contributed by atoms with Crippen LogP contribution in [0.1, 0.15) is 39.3 Å². The molecule has 2 atom stereocenters. The Balaban J connectivity index is 2.00. The fraction of sp³-hybridized carbons (Fsp3) is 0.250. The highest BCUT2D eigenvalue weighted by Gasteiger charge is 2.43. The quantitative estimate of drug-likeness (QED) is 0.590. The fourth-order valence-electron chi connectivity index (χ4n) is 3.17. The van der Waals surface area contributed by atoms with Crippen LogP contribution in [-0.2, 0) is 14.3 Å². The highest BCUT2D eigenvalue weighted by atomic mass is 16.5. The van der Waals surface area contributed by atoms with Gasteiger partial charge in [0.1, 0.15) is 18.8 Å². The molecule has 2 amide bonds. The van der Waals surface area contributed by atoms with Crippen molar-refractivity contribution in [2.45, 2.75) is 19.1 Å². The first-order chi connectivity index (χ1) is 12.5. The van der Waals surface area contributed by atoms with E-state index in [2.05, 4.69) is 0 Å². The summed E-state index contributed by atoms with van der Waals surface area (Å²) in [5.41, 5.74) is 1.46. The van der Waals surface area contributed by atoms with E-state index in [1.165, 1.54) is 14.0 Å². The Morgan fingerprint density at radius 2 is 1.50 bits per heavy atom. The fourth-order valence-corrected chi connectivity index (χ4v) is 3.17. The number of nitrogens with zero attached hydrogens (tertiary/aromatic N) is 1. The highest BCUT2D eigenvalue weighted by molar-refractivity contribution is 6.21. The molecule has 134 valence electrons. The summed E-state index contributed by atoms with van der Waals surface area (Å²) in [6.07, 6.45) is -0.627. The van der Waals surface area contributed by atoms with Gasteiger partial charge in [0.2, 0.25) is 0 Å². The lowest BCUT2D eigenvalue weighted by Crippen LogP contribution is -2.47. The van der Waals surface area contributed by atoms with E-state index in [1.807, 2.05) is 30.3 Å². The zero-order chi connectivity index (χ0) is 18.7. The Morgan fingerprint density at radius 3 is 2.00 bits per heavy atom. The van der Waals surface area contributed by atoms with Crippen LogP contribution in [0.4, 0.5) is 0 Å². The second-order valence-corrected chi connectivity index (χ2v) is 5.96. The summed E-state index contributed by atoms with van der Waals surface area (Å²) in [5, 5.41) is 0. The van der Waals surface area contributed by atoms with Crippen molar-refractivity contribution in [2.75, 3.05) is 13.7 Å². The molecule has 3 rings (SSSR count). The third-order valence-electron chi connectivity index (χ3n) is 4.35. The number of carbonyl (C=O) groups is 3. The van der Waals surface area contributed by atoms with Crippen molar-refractivity contribution >= 4 is 17.8 Å². The molecular weight excluding hydrogens is 334 g/mol. The molecule has 0 saturated heterocycles. The molecule has 0 fully saturated rings. The average Bonchev–Trinajstić information content (AvgIpc) is 2.90. The van der Waals surface area contributed by atoms with Crippen LogP contribution in [-0.4, -0.2) is 42.4 Å². The maximum absolute atomic E-state index is 12.9. The molecule has 26 heavy (non-hydrogen) atoms. The SMILES string of the molecule is CO[C@H](c1ccccc1)[C@@H](COC(C)=O)N1C(=O)c2ccccc2C1=O. The van der Waals surface area contributed by atoms with Gasteiger partial charge in [0.15, 0.2) is 0 Å². The molecule has 0 radical (unpaired) electrons. The Kier molecular flexibility index (Phi) is 5.14. The van der Waals surface area contributed by atoms with Gasteiger partial charge in [-0.05, 0) is 17.7 Å². The topological polar surface area (TPSA) is 72.9 Å². The van der Waals surface area contributed by atoms with Gasteiger partial charge in [-0.3, -0.25) is 19.3 Å². The number of fused-ring (bicyclic) bond motifs is 1. The molecule has 0 aliphatic carbocycles. The zero-order valence-electron chi connectivity index (χ0n) is 14.5. The molecule has 2 aromatic rings. The molecule has 0 N–H and O–H groups in total. The van der Waals surface area contributed by atoms with Gasteiger partial charge in [-0.1, -0.05) is 42.5 Å². The van der Waals surface area contributed by atoms with E-state index in [0.717, 1.165) is 10.5 Å². The van der Waals surface area contributed by atoms with Gasteiger partial charge in [-0.2, -0.15) is 0 Å². The number of methoxy groups -OCH3 is 1. The number of amides is 2. The molecule has 1 heterocycles. The number of hydrogen-bond donors (Lipinski definition) is 0. The Morgan fingerprint density at radius 1 is 0.962 bits per heavy atom. The second kappa shape index (κ2) is 7.49. The second-order valence-electron chi connectivity index (χ2n) is 5.96. The largest absolute Gasteiger partial charge is 0.464 e. The predicted octanol–water partition coefficient (Wildman–Crippen LogP) is 2.60. The summed E-state index contributed by atoms with van der Waals surface area (Å²) in [5.74, 6) is -1.32. The van der Waals surface area contributed by atoms with Crippen molar-refractivity contribution in [3.63, 3.8) is 0 Å². The maximum atomic E-state index is 12.9. The van der Waals surface area contributed by atoms with Crippen molar-refractivity contribution in [1.82, 2.24) is 4.90 Å². The minimum absolute atomic E-state index is 0.145. The van der Waals surface area contributed by atoms with Crippen LogP contribution >= 0.6 is 0 Å². The summed E-state index contributed by atoms with van der Waals surface area (Å²) in [4.78, 5) is 38.2. The smallest absolute Gasteiger partial charge is 0.302 e. The van der Waals surface area contributed by atoms with Crippen LogP contribution in [0.2, 0.25) is 0 Å². The van der Waals surface area contributed by atoms with Crippen LogP contribution in [0.3, 0.4) is 0 Å². The summed E-state index contributed by atoms with van der Waals surface area (Å²) >= 11 is 0. The van der Waals surface area contributed by atoms with E-state index in [1.54, 1.807) is 24.3 Å². The van der Waals surface area contributed by atoms with Crippen molar-refractivity contribution in [3.8, 4) is 0 Å². The molecule has 1 aliphatic heterocycles. The molecule has 0 aromatic heterocycles. The van der Waals surface area contributed by atoms with E-state index in [-0.39, 0.29) is 6.61 Å². The summed E-state index contributed by atoms with van der Waals surface area (Å²) in [6.45, 7) is 1.14. The number of imide groups is 1. The third kappa shape index (κ3) is 3.23. The minimum atomic E-state index is -0.779. The summed E-state index contributed by atoms with van der Waals surface area (Å²) in [7, 11) is 1.50. The molecule has 0 spiro atoms. The Bertz CT molecular complexity index is 798. The van der Waals surface area contributed by atoms with E-state index in [4.69, 9.17) is 9.47 Å². The number of ether oxygens (including phenoxy) is 2. The molecule has 0 saturated carbocycles. The van der Waals surface area contributed by atoms with Crippen LogP contribution in [0.5, 0.6) is 0 Å². The number of esters is 1. The number of carbonyl (C=O) groups excluding carboxylic acids is 3. The predicted molar refractivity (Wildman–Crippen MR) is 93.6 cm³/mol. The van der Waals surface area contributed by atoms with Crippen LogP contribution in [0, 0.1) is 0 Å². The van der Waals surface area contributed by atoms with Gasteiger partial charge in [0.05, 0.1) is 11.1 Å². The van der Waals surface area contributed by atoms with Crippen molar-refractivity contribution in [2.24, 2.45) is 0 Å². The van der Waals surface area contributed by atoms with Gasteiger partial charge >= 0.3 is 5.97 Å². The maximum Gasteiger partial charge on any atom is 0.302 e. The molecule has 0 bridgehead atoms. The number of hydrogen-bond acceptors (Lipinski definition) is 5. The van der Waals surface area contributed by atoms with E-state index >= 15 is 0 Å². The monoisotopic (exact) mass is 353 g/mol. The Labute approximate surface area is 151 Å². The van der Waals surface area contributed by atoms with Crippen LogP contribution in [0.25, 0.3) is 0 Å². The van der Waals surface area contributed by atoms with Crippen molar-refractivity contribution in [3.05, 3.63) is 71.3 Å². The van der Waals surface area contributed by atoms with Gasteiger partial charge in [0.25, 0.3) is 11.8 Å². The lowest BCUT2D eigenvalue weighted by molar-refractivity contribution is -0.143. The number of rotatable bonds is 6. The number of benzene rings is 2. The zero-order valence-corrected chi connectivity index (χ0v) is 14.5. The van der Waals surface area contributed by atoms with E-state index in [0.29, 0.717) is 11.1 Å². The summed E-state index contributed by atoms with van der Waals surface area (Å²) < 4.78 is 10.8.